The van der Waals surface area contributed by atoms with Crippen LogP contribution in [0.1, 0.15) is 43.7 Å². The van der Waals surface area contributed by atoms with Crippen LogP contribution in [0.25, 0.3) is 0 Å². The Bertz CT molecular complexity index is 487. The Hall–Kier alpha value is -1.42. The predicted molar refractivity (Wildman–Crippen MR) is 67.8 cm³/mol. The lowest BCUT2D eigenvalue weighted by molar-refractivity contribution is -0.134. The van der Waals surface area contributed by atoms with Crippen LogP contribution in [0.4, 0.5) is 10.1 Å². The minimum Gasteiger partial charge on any atom is -0.375 e. The van der Waals surface area contributed by atoms with E-state index in [4.69, 9.17) is 0 Å². The maximum atomic E-state index is 13.4. The summed E-state index contributed by atoms with van der Waals surface area (Å²) in [6.45, 7) is 3.67. The van der Waals surface area contributed by atoms with Gasteiger partial charge < -0.3 is 10.4 Å². The van der Waals surface area contributed by atoms with Gasteiger partial charge in [-0.1, -0.05) is 25.8 Å². The summed E-state index contributed by atoms with van der Waals surface area (Å²) >= 11 is 0. The van der Waals surface area contributed by atoms with Gasteiger partial charge in [-0.15, -0.1) is 0 Å². The van der Waals surface area contributed by atoms with Gasteiger partial charge >= 0.3 is 0 Å². The summed E-state index contributed by atoms with van der Waals surface area (Å²) in [5.74, 6) is -0.811. The van der Waals surface area contributed by atoms with Gasteiger partial charge in [0, 0.05) is 11.1 Å². The highest BCUT2D eigenvalue weighted by molar-refractivity contribution is 6.05. The van der Waals surface area contributed by atoms with Crippen molar-refractivity contribution in [2.45, 2.75) is 45.1 Å². The summed E-state index contributed by atoms with van der Waals surface area (Å²) in [6.07, 6.45) is 3.14. The van der Waals surface area contributed by atoms with E-state index in [0.717, 1.165) is 19.3 Å². The molecule has 0 saturated heterocycles. The normalized spacial score (nSPS) is 21.9. The Morgan fingerprint density at radius 2 is 2.11 bits per heavy atom. The van der Waals surface area contributed by atoms with Crippen LogP contribution in [0.2, 0.25) is 0 Å². The van der Waals surface area contributed by atoms with Crippen LogP contribution in [0.5, 0.6) is 0 Å². The van der Waals surface area contributed by atoms with Gasteiger partial charge in [0.15, 0.2) is 5.60 Å². The molecule has 98 valence electrons. The van der Waals surface area contributed by atoms with Gasteiger partial charge in [0.05, 0.1) is 5.69 Å². The quantitative estimate of drug-likeness (QED) is 0.808. The molecule has 2 rings (SSSR count). The molecule has 0 aliphatic carbocycles. The summed E-state index contributed by atoms with van der Waals surface area (Å²) in [6, 6.07) is 2.81. The van der Waals surface area contributed by atoms with Crippen LogP contribution in [-0.4, -0.2) is 11.0 Å². The number of rotatable bonds is 4. The Morgan fingerprint density at radius 3 is 2.78 bits per heavy atom. The molecule has 0 aromatic heterocycles. The molecule has 1 aliphatic rings. The topological polar surface area (TPSA) is 49.3 Å². The van der Waals surface area contributed by atoms with Crippen molar-refractivity contribution in [3.8, 4) is 0 Å². The van der Waals surface area contributed by atoms with Crippen molar-refractivity contribution in [1.29, 1.82) is 0 Å². The number of hydrogen-bond acceptors (Lipinski definition) is 2. The molecule has 1 aliphatic heterocycles. The summed E-state index contributed by atoms with van der Waals surface area (Å²) in [5.41, 5.74) is -0.183. The van der Waals surface area contributed by atoms with Crippen LogP contribution < -0.4 is 5.32 Å². The highest BCUT2D eigenvalue weighted by Gasteiger charge is 2.45. The van der Waals surface area contributed by atoms with Gasteiger partial charge in [-0.05, 0) is 25.8 Å². The molecular weight excluding hydrogens is 233 g/mol. The summed E-state index contributed by atoms with van der Waals surface area (Å²) in [7, 11) is 0. The van der Waals surface area contributed by atoms with E-state index >= 15 is 0 Å². The molecule has 0 bridgehead atoms. The van der Waals surface area contributed by atoms with E-state index in [2.05, 4.69) is 12.2 Å². The summed E-state index contributed by atoms with van der Waals surface area (Å²) in [5, 5.41) is 13.1. The number of amides is 1. The molecule has 2 N–H and O–H groups in total. The number of hydrogen-bond donors (Lipinski definition) is 2. The van der Waals surface area contributed by atoms with Crippen molar-refractivity contribution < 1.29 is 14.3 Å². The van der Waals surface area contributed by atoms with Gasteiger partial charge in [-0.3, -0.25) is 4.79 Å². The van der Waals surface area contributed by atoms with Crippen molar-refractivity contribution in [1.82, 2.24) is 0 Å². The van der Waals surface area contributed by atoms with Crippen LogP contribution in [0.3, 0.4) is 0 Å². The third kappa shape index (κ3) is 1.90. The lowest BCUT2D eigenvalue weighted by Crippen LogP contribution is -2.34. The number of aliphatic hydroxyl groups is 1. The lowest BCUT2D eigenvalue weighted by atomic mass is 9.89. The highest BCUT2D eigenvalue weighted by atomic mass is 19.1. The Kier molecular flexibility index (Phi) is 3.39. The molecule has 0 radical (unpaired) electrons. The average Bonchev–Trinajstić information content (AvgIpc) is 2.59. The molecule has 1 unspecified atom stereocenters. The first kappa shape index (κ1) is 13.0. The average molecular weight is 251 g/mol. The fraction of sp³-hybridized carbons (Fsp3) is 0.500. The monoisotopic (exact) mass is 251 g/mol. The standard InChI is InChI=1S/C14H18FNO2/c1-3-4-5-8-14(18)10-6-7-11(15)9(2)12(10)16-13(14)17/h6-7,18H,3-5,8H2,1-2H3,(H,16,17). The smallest absolute Gasteiger partial charge is 0.261 e. The summed E-state index contributed by atoms with van der Waals surface area (Å²) in [4.78, 5) is 11.9. The van der Waals surface area contributed by atoms with Crippen LogP contribution in [0, 0.1) is 12.7 Å². The van der Waals surface area contributed by atoms with Gasteiger partial charge in [-0.2, -0.15) is 0 Å². The van der Waals surface area contributed by atoms with Crippen molar-refractivity contribution in [3.63, 3.8) is 0 Å². The number of carbonyl (C=O) groups excluding carboxylic acids is 1. The van der Waals surface area contributed by atoms with E-state index in [0.29, 0.717) is 23.2 Å². The molecule has 1 amide bonds. The number of carbonyl (C=O) groups is 1. The van der Waals surface area contributed by atoms with E-state index in [9.17, 15) is 14.3 Å². The second-order valence-electron chi connectivity index (χ2n) is 4.87. The fourth-order valence-electron chi connectivity index (χ4n) is 2.41. The van der Waals surface area contributed by atoms with E-state index < -0.39 is 11.5 Å². The molecule has 1 aromatic rings. The molecular formula is C14H18FNO2. The van der Waals surface area contributed by atoms with Gasteiger partial charge in [0.2, 0.25) is 0 Å². The van der Waals surface area contributed by atoms with E-state index in [-0.39, 0.29) is 5.82 Å². The van der Waals surface area contributed by atoms with E-state index in [1.807, 2.05) is 0 Å². The minimum atomic E-state index is -1.50. The summed E-state index contributed by atoms with van der Waals surface area (Å²) < 4.78 is 13.4. The number of fused-ring (bicyclic) bond motifs is 1. The number of benzene rings is 1. The Labute approximate surface area is 106 Å². The minimum absolute atomic E-state index is 0.369. The van der Waals surface area contributed by atoms with Crippen molar-refractivity contribution >= 4 is 11.6 Å². The van der Waals surface area contributed by atoms with Crippen LogP contribution in [-0.2, 0) is 10.4 Å². The zero-order valence-corrected chi connectivity index (χ0v) is 10.7. The Balaban J connectivity index is 2.35. The molecule has 18 heavy (non-hydrogen) atoms. The molecule has 3 nitrogen and oxygen atoms in total. The first-order valence-corrected chi connectivity index (χ1v) is 6.34. The molecule has 4 heteroatoms. The first-order valence-electron chi connectivity index (χ1n) is 6.34. The van der Waals surface area contributed by atoms with Crippen LogP contribution >= 0.6 is 0 Å². The lowest BCUT2D eigenvalue weighted by Gasteiger charge is -2.20. The third-order valence-corrected chi connectivity index (χ3v) is 3.60. The van der Waals surface area contributed by atoms with E-state index in [1.165, 1.54) is 12.1 Å². The molecule has 1 atom stereocenters. The van der Waals surface area contributed by atoms with Gasteiger partial charge in [-0.25, -0.2) is 4.39 Å². The zero-order chi connectivity index (χ0) is 13.3. The van der Waals surface area contributed by atoms with Crippen molar-refractivity contribution in [2.24, 2.45) is 0 Å². The third-order valence-electron chi connectivity index (χ3n) is 3.60. The van der Waals surface area contributed by atoms with Gasteiger partial charge in [0.25, 0.3) is 5.91 Å². The molecule has 0 spiro atoms. The second-order valence-corrected chi connectivity index (χ2v) is 4.87. The maximum absolute atomic E-state index is 13.4. The number of anilines is 1. The zero-order valence-electron chi connectivity index (χ0n) is 10.7. The highest BCUT2D eigenvalue weighted by Crippen LogP contribution is 2.41. The maximum Gasteiger partial charge on any atom is 0.261 e. The largest absolute Gasteiger partial charge is 0.375 e. The van der Waals surface area contributed by atoms with Gasteiger partial charge in [0.1, 0.15) is 5.82 Å². The number of nitrogens with one attached hydrogen (secondary N) is 1. The second kappa shape index (κ2) is 4.69. The fourth-order valence-corrected chi connectivity index (χ4v) is 2.41. The van der Waals surface area contributed by atoms with Crippen molar-refractivity contribution in [3.05, 3.63) is 29.1 Å². The van der Waals surface area contributed by atoms with Crippen LogP contribution in [0.15, 0.2) is 12.1 Å². The predicted octanol–water partition coefficient (Wildman–Crippen LogP) is 2.85. The number of halogens is 1. The Morgan fingerprint density at radius 1 is 1.39 bits per heavy atom. The molecule has 0 fully saturated rings. The molecule has 0 saturated carbocycles. The first-order chi connectivity index (χ1) is 8.50. The molecule has 1 aromatic carbocycles. The van der Waals surface area contributed by atoms with Crippen molar-refractivity contribution in [2.75, 3.05) is 5.32 Å². The molecule has 1 heterocycles. The SMILES string of the molecule is CCCCCC1(O)C(=O)Nc2c1ccc(F)c2C. The van der Waals surface area contributed by atoms with E-state index in [1.54, 1.807) is 6.92 Å². The number of unbranched alkanes of at least 4 members (excludes halogenated alkanes) is 2.